The van der Waals surface area contributed by atoms with Crippen LogP contribution in [-0.2, 0) is 16.0 Å². The van der Waals surface area contributed by atoms with Crippen LogP contribution in [0.2, 0.25) is 0 Å². The summed E-state index contributed by atoms with van der Waals surface area (Å²) in [6.07, 6.45) is 5.74. The third-order valence-electron chi connectivity index (χ3n) is 3.59. The van der Waals surface area contributed by atoms with Crippen LogP contribution in [0, 0.1) is 0 Å². The molecular formula is C16H17NO2. The summed E-state index contributed by atoms with van der Waals surface area (Å²) in [6.45, 7) is 3.18. The molecule has 0 radical (unpaired) electrons. The van der Waals surface area contributed by atoms with Crippen molar-refractivity contribution in [2.45, 2.75) is 19.8 Å². The molecule has 3 rings (SSSR count). The Kier molecular flexibility index (Phi) is 3.11. The number of esters is 1. The second-order valence-corrected chi connectivity index (χ2v) is 4.77. The molecule has 1 aromatic rings. The van der Waals surface area contributed by atoms with Crippen LogP contribution >= 0.6 is 0 Å². The molecule has 0 aliphatic carbocycles. The fourth-order valence-electron chi connectivity index (χ4n) is 2.67. The van der Waals surface area contributed by atoms with Gasteiger partial charge >= 0.3 is 5.97 Å². The van der Waals surface area contributed by atoms with Crippen molar-refractivity contribution in [3.63, 3.8) is 0 Å². The first kappa shape index (κ1) is 12.0. The van der Waals surface area contributed by atoms with E-state index in [0.29, 0.717) is 13.0 Å². The molecule has 0 bridgehead atoms. The van der Waals surface area contributed by atoms with Crippen LogP contribution in [0.3, 0.4) is 0 Å². The van der Waals surface area contributed by atoms with E-state index < -0.39 is 0 Å². The summed E-state index contributed by atoms with van der Waals surface area (Å²) < 4.78 is 5.07. The number of carbonyl (C=O) groups excluding carboxylic acids is 1. The molecule has 0 saturated carbocycles. The molecule has 0 N–H and O–H groups in total. The molecule has 3 nitrogen and oxygen atoms in total. The van der Waals surface area contributed by atoms with Gasteiger partial charge in [0.2, 0.25) is 0 Å². The number of rotatable bonds is 2. The highest BCUT2D eigenvalue weighted by Crippen LogP contribution is 2.33. The van der Waals surface area contributed by atoms with Crippen LogP contribution in [0.15, 0.2) is 42.1 Å². The van der Waals surface area contributed by atoms with Gasteiger partial charge in [-0.2, -0.15) is 0 Å². The minimum Gasteiger partial charge on any atom is -0.463 e. The van der Waals surface area contributed by atoms with Crippen molar-refractivity contribution >= 4 is 11.7 Å². The van der Waals surface area contributed by atoms with Crippen molar-refractivity contribution in [3.05, 3.63) is 53.2 Å². The van der Waals surface area contributed by atoms with Crippen molar-refractivity contribution in [2.75, 3.05) is 13.2 Å². The molecule has 0 fully saturated rings. The molecule has 0 spiro atoms. The van der Waals surface area contributed by atoms with Gasteiger partial charge in [0.15, 0.2) is 0 Å². The molecule has 0 unspecified atom stereocenters. The Bertz CT molecular complexity index is 572. The van der Waals surface area contributed by atoms with Crippen LogP contribution in [0.4, 0.5) is 0 Å². The maximum Gasteiger partial charge on any atom is 0.335 e. The summed E-state index contributed by atoms with van der Waals surface area (Å²) in [5.41, 5.74) is 4.63. The standard InChI is InChI=1S/C16H17NO2/c1-2-19-16(18)13-7-8-15-14-6-4-3-5-12(14)9-10-17(15)11-13/h3-6,8,11H,2,7,9-10H2,1H3. The first-order chi connectivity index (χ1) is 9.29. The van der Waals surface area contributed by atoms with Gasteiger partial charge in [-0.25, -0.2) is 4.79 Å². The van der Waals surface area contributed by atoms with Crippen molar-refractivity contribution in [2.24, 2.45) is 0 Å². The van der Waals surface area contributed by atoms with E-state index in [4.69, 9.17) is 4.74 Å². The fourth-order valence-corrected chi connectivity index (χ4v) is 2.67. The van der Waals surface area contributed by atoms with Crippen LogP contribution in [0.5, 0.6) is 0 Å². The van der Waals surface area contributed by atoms with Crippen LogP contribution in [0.1, 0.15) is 24.5 Å². The lowest BCUT2D eigenvalue weighted by Gasteiger charge is -2.33. The number of carbonyl (C=O) groups is 1. The number of hydrogen-bond acceptors (Lipinski definition) is 3. The average molecular weight is 255 g/mol. The van der Waals surface area contributed by atoms with Gasteiger partial charge < -0.3 is 9.64 Å². The summed E-state index contributed by atoms with van der Waals surface area (Å²) in [4.78, 5) is 13.9. The zero-order valence-electron chi connectivity index (χ0n) is 11.1. The highest BCUT2D eigenvalue weighted by Gasteiger charge is 2.24. The van der Waals surface area contributed by atoms with E-state index in [1.807, 2.05) is 13.1 Å². The third kappa shape index (κ3) is 2.16. The van der Waals surface area contributed by atoms with Gasteiger partial charge in [-0.15, -0.1) is 0 Å². The van der Waals surface area contributed by atoms with Crippen molar-refractivity contribution in [1.29, 1.82) is 0 Å². The van der Waals surface area contributed by atoms with Gasteiger partial charge in [0.05, 0.1) is 12.2 Å². The number of fused-ring (bicyclic) bond motifs is 3. The summed E-state index contributed by atoms with van der Waals surface area (Å²) in [5.74, 6) is -0.198. The first-order valence-electron chi connectivity index (χ1n) is 6.72. The van der Waals surface area contributed by atoms with E-state index >= 15 is 0 Å². The number of allylic oxidation sites excluding steroid dienone is 1. The Morgan fingerprint density at radius 1 is 1.37 bits per heavy atom. The van der Waals surface area contributed by atoms with E-state index in [2.05, 4.69) is 35.2 Å². The molecule has 98 valence electrons. The van der Waals surface area contributed by atoms with Crippen LogP contribution < -0.4 is 0 Å². The smallest absolute Gasteiger partial charge is 0.335 e. The largest absolute Gasteiger partial charge is 0.463 e. The zero-order valence-corrected chi connectivity index (χ0v) is 11.1. The summed E-state index contributed by atoms with van der Waals surface area (Å²) in [7, 11) is 0. The fraction of sp³-hybridized carbons (Fsp3) is 0.312. The molecule has 0 amide bonds. The molecule has 0 aromatic heterocycles. The maximum absolute atomic E-state index is 11.8. The number of benzene rings is 1. The van der Waals surface area contributed by atoms with E-state index in [-0.39, 0.29) is 5.97 Å². The normalized spacial score (nSPS) is 17.0. The van der Waals surface area contributed by atoms with Gasteiger partial charge in [0, 0.05) is 30.4 Å². The SMILES string of the molecule is CCOC(=O)C1=CN2CCc3ccccc3C2=CC1. The summed E-state index contributed by atoms with van der Waals surface area (Å²) in [5, 5.41) is 0. The molecule has 2 heterocycles. The second kappa shape index (κ2) is 4.92. The van der Waals surface area contributed by atoms with Crippen molar-refractivity contribution < 1.29 is 9.53 Å². The molecule has 19 heavy (non-hydrogen) atoms. The summed E-state index contributed by atoms with van der Waals surface area (Å²) in [6, 6.07) is 8.47. The predicted octanol–water partition coefficient (Wildman–Crippen LogP) is 2.74. The van der Waals surface area contributed by atoms with E-state index in [0.717, 1.165) is 18.5 Å². The Hall–Kier alpha value is -2.03. The predicted molar refractivity (Wildman–Crippen MR) is 74.2 cm³/mol. The van der Waals surface area contributed by atoms with E-state index in [1.54, 1.807) is 0 Å². The topological polar surface area (TPSA) is 29.5 Å². The average Bonchev–Trinajstić information content (AvgIpc) is 2.46. The lowest BCUT2D eigenvalue weighted by atomic mass is 9.93. The first-order valence-corrected chi connectivity index (χ1v) is 6.72. The Labute approximate surface area is 113 Å². The Balaban J connectivity index is 1.88. The molecule has 1 aromatic carbocycles. The van der Waals surface area contributed by atoms with Crippen LogP contribution in [0.25, 0.3) is 5.70 Å². The highest BCUT2D eigenvalue weighted by atomic mass is 16.5. The van der Waals surface area contributed by atoms with E-state index in [1.165, 1.54) is 16.8 Å². The molecule has 0 atom stereocenters. The van der Waals surface area contributed by atoms with Gasteiger partial charge in [-0.1, -0.05) is 30.3 Å². The van der Waals surface area contributed by atoms with Gasteiger partial charge in [0.1, 0.15) is 0 Å². The van der Waals surface area contributed by atoms with Gasteiger partial charge in [-0.3, -0.25) is 0 Å². The third-order valence-corrected chi connectivity index (χ3v) is 3.59. The van der Waals surface area contributed by atoms with Crippen LogP contribution in [-0.4, -0.2) is 24.0 Å². The molecule has 2 aliphatic rings. The van der Waals surface area contributed by atoms with Crippen molar-refractivity contribution in [1.82, 2.24) is 4.90 Å². The van der Waals surface area contributed by atoms with E-state index in [9.17, 15) is 4.79 Å². The molecule has 2 aliphatic heterocycles. The lowest BCUT2D eigenvalue weighted by molar-refractivity contribution is -0.138. The second-order valence-electron chi connectivity index (χ2n) is 4.77. The Morgan fingerprint density at radius 2 is 2.21 bits per heavy atom. The minimum absolute atomic E-state index is 0.198. The summed E-state index contributed by atoms with van der Waals surface area (Å²) >= 11 is 0. The van der Waals surface area contributed by atoms with Gasteiger partial charge in [0.25, 0.3) is 0 Å². The molecular weight excluding hydrogens is 238 g/mol. The van der Waals surface area contributed by atoms with Gasteiger partial charge in [-0.05, 0) is 18.9 Å². The highest BCUT2D eigenvalue weighted by molar-refractivity contribution is 5.90. The number of hydrogen-bond donors (Lipinski definition) is 0. The number of nitrogens with zero attached hydrogens (tertiary/aromatic N) is 1. The quantitative estimate of drug-likeness (QED) is 0.761. The maximum atomic E-state index is 11.8. The monoisotopic (exact) mass is 255 g/mol. The zero-order chi connectivity index (χ0) is 13.2. The Morgan fingerprint density at radius 3 is 3.05 bits per heavy atom. The lowest BCUT2D eigenvalue weighted by Crippen LogP contribution is -2.28. The number of ether oxygens (including phenoxy) is 1. The minimum atomic E-state index is -0.198. The van der Waals surface area contributed by atoms with Crippen molar-refractivity contribution in [3.8, 4) is 0 Å². The molecule has 3 heteroatoms. The molecule has 0 saturated heterocycles.